The monoisotopic (exact) mass is 210 g/mol. The van der Waals surface area contributed by atoms with Crippen molar-refractivity contribution in [1.82, 2.24) is 8.02 Å². The molecule has 0 atom stereocenters. The van der Waals surface area contributed by atoms with Crippen LogP contribution in [0.3, 0.4) is 0 Å². The lowest BCUT2D eigenvalue weighted by atomic mass is 10.4. The Balaban J connectivity index is 3.85. The molecule has 7 heteroatoms. The Kier molecular flexibility index (Phi) is 5.11. The number of hydrogen-bond acceptors (Lipinski definition) is 5. The van der Waals surface area contributed by atoms with Gasteiger partial charge in [0, 0.05) is 0 Å². The van der Waals surface area contributed by atoms with Gasteiger partial charge < -0.3 is 5.11 Å². The Bertz CT molecular complexity index is 186. The fourth-order valence-corrected chi connectivity index (χ4v) is 1.37. The van der Waals surface area contributed by atoms with Crippen molar-refractivity contribution < 1.29 is 14.7 Å². The minimum atomic E-state index is -1.15. The Morgan fingerprint density at radius 1 is 1.50 bits per heavy atom. The van der Waals surface area contributed by atoms with E-state index in [1.807, 2.05) is 0 Å². The second-order valence-electron chi connectivity index (χ2n) is 2.13. The fraction of sp³-hybridized carbons (Fsp3) is 0.600. The van der Waals surface area contributed by atoms with Gasteiger partial charge in [0.05, 0.1) is 12.1 Å². The van der Waals surface area contributed by atoms with Gasteiger partial charge in [0.25, 0.3) is 5.91 Å². The van der Waals surface area contributed by atoms with Crippen LogP contribution in [0.4, 0.5) is 0 Å². The summed E-state index contributed by atoms with van der Waals surface area (Å²) >= 11 is 4.80. The summed E-state index contributed by atoms with van der Waals surface area (Å²) in [5.41, 5.74) is 0. The van der Waals surface area contributed by atoms with Gasteiger partial charge in [-0.15, -0.1) is 0 Å². The van der Waals surface area contributed by atoms with E-state index in [0.717, 1.165) is 15.8 Å². The summed E-state index contributed by atoms with van der Waals surface area (Å²) in [6.45, 7) is 0. The van der Waals surface area contributed by atoms with Crippen molar-refractivity contribution in [3.05, 3.63) is 0 Å². The number of carboxylic acid groups (broad SMARTS) is 1. The van der Waals surface area contributed by atoms with E-state index >= 15 is 0 Å². The molecular weight excluding hydrogens is 200 g/mol. The van der Waals surface area contributed by atoms with Crippen LogP contribution in [-0.4, -0.2) is 39.1 Å². The molecule has 0 aliphatic rings. The third-order valence-electron chi connectivity index (χ3n) is 0.756. The molecule has 0 aromatic carbocycles. The van der Waals surface area contributed by atoms with E-state index in [9.17, 15) is 9.59 Å². The zero-order chi connectivity index (χ0) is 9.72. The molecule has 0 saturated carbocycles. The van der Waals surface area contributed by atoms with Crippen LogP contribution in [-0.2, 0) is 9.59 Å². The number of thiol groups is 1. The summed E-state index contributed by atoms with van der Waals surface area (Å²) in [6, 6.07) is 0. The van der Waals surface area contributed by atoms with Crippen molar-refractivity contribution in [3.8, 4) is 0 Å². The third-order valence-corrected chi connectivity index (χ3v) is 1.88. The summed E-state index contributed by atoms with van der Waals surface area (Å²) < 4.78 is 2.61. The smallest absolute Gasteiger partial charge is 0.312 e. The van der Waals surface area contributed by atoms with Crippen molar-refractivity contribution in [2.45, 2.75) is 6.42 Å². The van der Waals surface area contributed by atoms with Crippen LogP contribution in [0, 0.1) is 0 Å². The Labute approximate surface area is 80.5 Å². The number of rotatable bonds is 4. The molecule has 0 aliphatic carbocycles. The Morgan fingerprint density at radius 3 is 2.33 bits per heavy atom. The van der Waals surface area contributed by atoms with E-state index in [0.29, 0.717) is 0 Å². The van der Waals surface area contributed by atoms with Gasteiger partial charge in [-0.3, -0.25) is 9.59 Å². The fourth-order valence-electron chi connectivity index (χ4n) is 0.397. The zero-order valence-electron chi connectivity index (χ0n) is 6.72. The molecule has 0 heterocycles. The first-order valence-electron chi connectivity index (χ1n) is 3.02. The molecule has 0 aromatic rings. The highest BCUT2D eigenvalue weighted by molar-refractivity contribution is 8.04. The van der Waals surface area contributed by atoms with Gasteiger partial charge in [-0.2, -0.15) is 0 Å². The lowest BCUT2D eigenvalue weighted by Gasteiger charge is -2.16. The first kappa shape index (κ1) is 11.6. The van der Waals surface area contributed by atoms with Crippen molar-refractivity contribution in [2.24, 2.45) is 0 Å². The minimum absolute atomic E-state index is 0.537. The van der Waals surface area contributed by atoms with Gasteiger partial charge in [0.1, 0.15) is 6.42 Å². The average molecular weight is 210 g/mol. The van der Waals surface area contributed by atoms with Crippen LogP contribution in [0.25, 0.3) is 0 Å². The molecule has 0 bridgehead atoms. The van der Waals surface area contributed by atoms with E-state index in [1.54, 1.807) is 18.4 Å². The third kappa shape index (κ3) is 5.28. The maximum atomic E-state index is 10.9. The van der Waals surface area contributed by atoms with Gasteiger partial charge in [-0.05, 0) is 14.1 Å². The molecule has 70 valence electrons. The first-order chi connectivity index (χ1) is 5.43. The molecular formula is C5H10N2O3S2. The van der Waals surface area contributed by atoms with Gasteiger partial charge in [-0.25, -0.2) is 8.02 Å². The molecule has 1 N–H and O–H groups in total. The van der Waals surface area contributed by atoms with Gasteiger partial charge >= 0.3 is 5.97 Å². The summed E-state index contributed by atoms with van der Waals surface area (Å²) in [5.74, 6) is -1.71. The minimum Gasteiger partial charge on any atom is -0.481 e. The van der Waals surface area contributed by atoms with Gasteiger partial charge in [0.2, 0.25) is 0 Å². The van der Waals surface area contributed by atoms with E-state index in [4.69, 9.17) is 5.11 Å². The molecule has 0 spiro atoms. The van der Waals surface area contributed by atoms with E-state index in [1.165, 1.54) is 0 Å². The van der Waals surface area contributed by atoms with Crippen molar-refractivity contribution >= 4 is 36.8 Å². The second kappa shape index (κ2) is 5.28. The molecule has 0 saturated heterocycles. The predicted molar refractivity (Wildman–Crippen MR) is 49.4 cm³/mol. The first-order valence-corrected chi connectivity index (χ1v) is 4.15. The maximum absolute atomic E-state index is 10.9. The van der Waals surface area contributed by atoms with E-state index < -0.39 is 18.3 Å². The predicted octanol–water partition coefficient (Wildman–Crippen LogP) is 0.259. The quantitative estimate of drug-likeness (QED) is 0.396. The van der Waals surface area contributed by atoms with Crippen LogP contribution in [0.15, 0.2) is 0 Å². The molecule has 12 heavy (non-hydrogen) atoms. The molecule has 0 aromatic heterocycles. The number of amides is 1. The number of carbonyl (C=O) groups is 2. The van der Waals surface area contributed by atoms with Crippen LogP contribution in [0.2, 0.25) is 0 Å². The van der Waals surface area contributed by atoms with Crippen LogP contribution >= 0.6 is 24.9 Å². The van der Waals surface area contributed by atoms with Gasteiger partial charge in [0.15, 0.2) is 0 Å². The molecule has 0 aliphatic heterocycles. The van der Waals surface area contributed by atoms with Crippen LogP contribution in [0.1, 0.15) is 6.42 Å². The van der Waals surface area contributed by atoms with Crippen molar-refractivity contribution in [3.63, 3.8) is 0 Å². The molecule has 0 fully saturated rings. The highest BCUT2D eigenvalue weighted by Crippen LogP contribution is 2.15. The number of aliphatic carboxylic acids is 1. The summed E-state index contributed by atoms with van der Waals surface area (Å²) in [5, 5.41) is 8.26. The molecule has 1 amide bonds. The topological polar surface area (TPSA) is 60.9 Å². The van der Waals surface area contributed by atoms with Crippen molar-refractivity contribution in [1.29, 1.82) is 0 Å². The summed E-state index contributed by atoms with van der Waals surface area (Å²) in [6.07, 6.45) is -0.537. The Hall–Kier alpha value is -0.400. The SMILES string of the molecule is CN(C)SN(S)C(=O)CC(=O)O. The lowest BCUT2D eigenvalue weighted by molar-refractivity contribution is -0.141. The van der Waals surface area contributed by atoms with Crippen molar-refractivity contribution in [2.75, 3.05) is 14.1 Å². The molecule has 5 nitrogen and oxygen atoms in total. The van der Waals surface area contributed by atoms with Gasteiger partial charge in [-0.1, -0.05) is 12.8 Å². The highest BCUT2D eigenvalue weighted by Gasteiger charge is 2.15. The molecule has 0 rings (SSSR count). The van der Waals surface area contributed by atoms with Crippen LogP contribution < -0.4 is 0 Å². The second-order valence-corrected chi connectivity index (χ2v) is 4.06. The van der Waals surface area contributed by atoms with Crippen LogP contribution in [0.5, 0.6) is 0 Å². The number of nitrogens with zero attached hydrogens (tertiary/aromatic N) is 2. The zero-order valence-corrected chi connectivity index (χ0v) is 8.43. The highest BCUT2D eigenvalue weighted by atomic mass is 32.2. The number of carbonyl (C=O) groups excluding carboxylic acids is 1. The molecule has 0 radical (unpaired) electrons. The maximum Gasteiger partial charge on any atom is 0.312 e. The van der Waals surface area contributed by atoms with E-state index in [-0.39, 0.29) is 0 Å². The largest absolute Gasteiger partial charge is 0.481 e. The number of hydrogen-bond donors (Lipinski definition) is 2. The average Bonchev–Trinajstić information content (AvgIpc) is 1.84. The standard InChI is InChI=1S/C5H10N2O3S2/c1-6(2)12-7(11)4(8)3-5(9)10/h11H,3H2,1-2H3,(H,9,10). The van der Waals surface area contributed by atoms with E-state index in [2.05, 4.69) is 12.8 Å². The number of carboxylic acids is 1. The Morgan fingerprint density at radius 2 is 2.00 bits per heavy atom. The normalized spacial score (nSPS) is 10.0. The molecule has 0 unspecified atom stereocenters. The summed E-state index contributed by atoms with van der Waals surface area (Å²) in [7, 11) is 3.45. The lowest BCUT2D eigenvalue weighted by Crippen LogP contribution is -2.21. The summed E-state index contributed by atoms with van der Waals surface area (Å²) in [4.78, 5) is 21.0.